The largest absolute Gasteiger partial charge is 0.313 e. The molecule has 0 bridgehead atoms. The molecule has 1 saturated heterocycles. The first kappa shape index (κ1) is 15.9. The Hall–Kier alpha value is -0.500. The van der Waals surface area contributed by atoms with Crippen LogP contribution < -0.4 is 5.32 Å². The van der Waals surface area contributed by atoms with E-state index in [0.29, 0.717) is 17.6 Å². The molecule has 0 aliphatic carbocycles. The van der Waals surface area contributed by atoms with Gasteiger partial charge in [-0.1, -0.05) is 6.92 Å². The van der Waals surface area contributed by atoms with Crippen LogP contribution in [0.1, 0.15) is 26.2 Å². The number of hydrogen-bond acceptors (Lipinski definition) is 4. The lowest BCUT2D eigenvalue weighted by molar-refractivity contribution is 0.369. The zero-order valence-electron chi connectivity index (χ0n) is 11.5. The van der Waals surface area contributed by atoms with Crippen molar-refractivity contribution in [3.8, 4) is 0 Å². The minimum Gasteiger partial charge on any atom is -0.313 e. The summed E-state index contributed by atoms with van der Waals surface area (Å²) in [5.41, 5.74) is 0. The Balaban J connectivity index is 2.21. The molecule has 2 heterocycles. The maximum absolute atomic E-state index is 12.7. The molecule has 1 aromatic rings. The second-order valence-electron chi connectivity index (χ2n) is 5.00. The fourth-order valence-electron chi connectivity index (χ4n) is 2.40. The fourth-order valence-corrected chi connectivity index (χ4v) is 4.48. The molecule has 1 fully saturated rings. The highest BCUT2D eigenvalue weighted by Gasteiger charge is 2.28. The Morgan fingerprint density at radius 3 is 2.90 bits per heavy atom. The molecule has 0 aromatic carbocycles. The molecular formula is C13H20BrN3O2S. The zero-order valence-corrected chi connectivity index (χ0v) is 14.0. The van der Waals surface area contributed by atoms with Crippen LogP contribution in [0.2, 0.25) is 0 Å². The Bertz CT molecular complexity index is 544. The first-order valence-electron chi connectivity index (χ1n) is 6.88. The normalized spacial score (nSPS) is 19.6. The minimum atomic E-state index is -3.47. The Kier molecular flexibility index (Phi) is 5.54. The SMILES string of the molecule is CCCN(CC1CCCN1)S(=O)(=O)c1cncc(Br)c1. The van der Waals surface area contributed by atoms with E-state index in [9.17, 15) is 8.42 Å². The first-order valence-corrected chi connectivity index (χ1v) is 9.11. The molecule has 0 amide bonds. The van der Waals surface area contributed by atoms with E-state index in [0.717, 1.165) is 25.8 Å². The number of aromatic nitrogens is 1. The van der Waals surface area contributed by atoms with Crippen molar-refractivity contribution in [2.75, 3.05) is 19.6 Å². The van der Waals surface area contributed by atoms with Gasteiger partial charge in [0.05, 0.1) is 0 Å². The summed E-state index contributed by atoms with van der Waals surface area (Å²) in [6.07, 6.45) is 5.94. The smallest absolute Gasteiger partial charge is 0.244 e. The molecule has 5 nitrogen and oxygen atoms in total. The molecule has 20 heavy (non-hydrogen) atoms. The van der Waals surface area contributed by atoms with Crippen LogP contribution in [-0.2, 0) is 10.0 Å². The van der Waals surface area contributed by atoms with E-state index < -0.39 is 10.0 Å². The van der Waals surface area contributed by atoms with Gasteiger partial charge in [0.1, 0.15) is 4.90 Å². The molecule has 1 atom stereocenters. The molecule has 112 valence electrons. The van der Waals surface area contributed by atoms with Gasteiger partial charge in [-0.25, -0.2) is 8.42 Å². The minimum absolute atomic E-state index is 0.248. The van der Waals surface area contributed by atoms with Crippen molar-refractivity contribution in [1.29, 1.82) is 0 Å². The molecule has 1 aliphatic rings. The van der Waals surface area contributed by atoms with Crippen LogP contribution in [0.3, 0.4) is 0 Å². The monoisotopic (exact) mass is 361 g/mol. The number of sulfonamides is 1. The topological polar surface area (TPSA) is 62.3 Å². The fraction of sp³-hybridized carbons (Fsp3) is 0.615. The third-order valence-electron chi connectivity index (χ3n) is 3.38. The van der Waals surface area contributed by atoms with Gasteiger partial charge in [0.15, 0.2) is 0 Å². The van der Waals surface area contributed by atoms with Crippen LogP contribution >= 0.6 is 15.9 Å². The van der Waals surface area contributed by atoms with Gasteiger partial charge in [0.25, 0.3) is 0 Å². The molecule has 2 rings (SSSR count). The van der Waals surface area contributed by atoms with Crippen LogP contribution in [-0.4, -0.2) is 43.4 Å². The summed E-state index contributed by atoms with van der Waals surface area (Å²) in [4.78, 5) is 4.20. The second-order valence-corrected chi connectivity index (χ2v) is 7.85. The van der Waals surface area contributed by atoms with Crippen molar-refractivity contribution in [2.24, 2.45) is 0 Å². The lowest BCUT2D eigenvalue weighted by Gasteiger charge is -2.24. The van der Waals surface area contributed by atoms with E-state index in [1.807, 2.05) is 6.92 Å². The quantitative estimate of drug-likeness (QED) is 0.841. The average molecular weight is 362 g/mol. The van der Waals surface area contributed by atoms with Gasteiger partial charge in [0.2, 0.25) is 10.0 Å². The zero-order chi connectivity index (χ0) is 14.6. The lowest BCUT2D eigenvalue weighted by Crippen LogP contribution is -2.41. The second kappa shape index (κ2) is 6.98. The van der Waals surface area contributed by atoms with Gasteiger partial charge in [-0.3, -0.25) is 4.98 Å². The van der Waals surface area contributed by atoms with Crippen molar-refractivity contribution >= 4 is 26.0 Å². The number of pyridine rings is 1. The summed E-state index contributed by atoms with van der Waals surface area (Å²) in [5.74, 6) is 0. The predicted octanol–water partition coefficient (Wildman–Crippen LogP) is 2.00. The summed E-state index contributed by atoms with van der Waals surface area (Å²) >= 11 is 3.27. The Morgan fingerprint density at radius 1 is 1.50 bits per heavy atom. The average Bonchev–Trinajstić information content (AvgIpc) is 2.91. The van der Waals surface area contributed by atoms with Gasteiger partial charge in [-0.05, 0) is 47.8 Å². The summed E-state index contributed by atoms with van der Waals surface area (Å²) in [5, 5.41) is 3.35. The van der Waals surface area contributed by atoms with Gasteiger partial charge < -0.3 is 5.32 Å². The molecule has 1 unspecified atom stereocenters. The van der Waals surface area contributed by atoms with E-state index in [1.54, 1.807) is 16.6 Å². The molecule has 0 saturated carbocycles. The first-order chi connectivity index (χ1) is 9.54. The van der Waals surface area contributed by atoms with Gasteiger partial charge in [0, 0.05) is 36.0 Å². The van der Waals surface area contributed by atoms with Crippen LogP contribution in [0.4, 0.5) is 0 Å². The van der Waals surface area contributed by atoms with Crippen molar-refractivity contribution in [1.82, 2.24) is 14.6 Å². The maximum atomic E-state index is 12.7. The number of nitrogens with zero attached hydrogens (tertiary/aromatic N) is 2. The van der Waals surface area contributed by atoms with E-state index in [1.165, 1.54) is 6.20 Å². The third kappa shape index (κ3) is 3.78. The van der Waals surface area contributed by atoms with Gasteiger partial charge >= 0.3 is 0 Å². The van der Waals surface area contributed by atoms with E-state index in [2.05, 4.69) is 26.2 Å². The highest BCUT2D eigenvalue weighted by Crippen LogP contribution is 2.20. The summed E-state index contributed by atoms with van der Waals surface area (Å²) < 4.78 is 27.6. The number of hydrogen-bond donors (Lipinski definition) is 1. The molecule has 0 radical (unpaired) electrons. The highest BCUT2D eigenvalue weighted by molar-refractivity contribution is 9.10. The number of halogens is 1. The molecule has 7 heteroatoms. The van der Waals surface area contributed by atoms with Crippen LogP contribution in [0.5, 0.6) is 0 Å². The van der Waals surface area contributed by atoms with E-state index in [4.69, 9.17) is 0 Å². The third-order valence-corrected chi connectivity index (χ3v) is 5.64. The number of rotatable bonds is 6. The summed E-state index contributed by atoms with van der Waals surface area (Å²) in [7, 11) is -3.47. The molecule has 1 N–H and O–H groups in total. The summed E-state index contributed by atoms with van der Waals surface area (Å²) in [6.45, 7) is 4.03. The van der Waals surface area contributed by atoms with Gasteiger partial charge in [-0.15, -0.1) is 0 Å². The van der Waals surface area contributed by atoms with E-state index in [-0.39, 0.29) is 10.9 Å². The van der Waals surface area contributed by atoms with Crippen LogP contribution in [0, 0.1) is 0 Å². The Morgan fingerprint density at radius 2 is 2.30 bits per heavy atom. The van der Waals surface area contributed by atoms with Crippen molar-refractivity contribution < 1.29 is 8.42 Å². The van der Waals surface area contributed by atoms with Crippen molar-refractivity contribution in [3.63, 3.8) is 0 Å². The standard InChI is InChI=1S/C13H20BrN3O2S/c1-2-6-17(10-12-4-3-5-16-12)20(18,19)13-7-11(14)8-15-9-13/h7-9,12,16H,2-6,10H2,1H3. The van der Waals surface area contributed by atoms with Crippen molar-refractivity contribution in [2.45, 2.75) is 37.1 Å². The molecule has 1 aliphatic heterocycles. The maximum Gasteiger partial charge on any atom is 0.244 e. The van der Waals surface area contributed by atoms with Crippen molar-refractivity contribution in [3.05, 3.63) is 22.9 Å². The predicted molar refractivity (Wildman–Crippen MR) is 82.0 cm³/mol. The Labute approximate surface area is 129 Å². The molecule has 0 spiro atoms. The van der Waals surface area contributed by atoms with Gasteiger partial charge in [-0.2, -0.15) is 4.31 Å². The van der Waals surface area contributed by atoms with E-state index >= 15 is 0 Å². The highest BCUT2D eigenvalue weighted by atomic mass is 79.9. The summed E-state index contributed by atoms with van der Waals surface area (Å²) in [6, 6.07) is 1.86. The van der Waals surface area contributed by atoms with Crippen LogP contribution in [0.15, 0.2) is 27.8 Å². The molecular weight excluding hydrogens is 342 g/mol. The molecule has 1 aromatic heterocycles. The number of nitrogens with one attached hydrogen (secondary N) is 1. The van der Waals surface area contributed by atoms with Crippen LogP contribution in [0.25, 0.3) is 0 Å². The lowest BCUT2D eigenvalue weighted by atomic mass is 10.2.